The second-order valence-corrected chi connectivity index (χ2v) is 3.59. The van der Waals surface area contributed by atoms with E-state index in [9.17, 15) is 4.79 Å². The minimum atomic E-state index is -0.506. The summed E-state index contributed by atoms with van der Waals surface area (Å²) in [5.74, 6) is 2.10. The van der Waals surface area contributed by atoms with Crippen molar-refractivity contribution in [3.63, 3.8) is 0 Å². The lowest BCUT2D eigenvalue weighted by Crippen LogP contribution is -2.29. The van der Waals surface area contributed by atoms with Crippen molar-refractivity contribution in [1.29, 1.82) is 0 Å². The Bertz CT molecular complexity index is 343. The number of carbonyl (C=O) groups is 1. The summed E-state index contributed by atoms with van der Waals surface area (Å²) in [5.41, 5.74) is 1.67. The second kappa shape index (κ2) is 6.17. The monoisotopic (exact) mass is 224 g/mol. The Morgan fingerprint density at radius 2 is 2.67 bits per heavy atom. The zero-order valence-corrected chi connectivity index (χ0v) is 9.21. The van der Waals surface area contributed by atoms with Crippen LogP contribution in [-0.2, 0) is 9.53 Å². The third-order valence-electron chi connectivity index (χ3n) is 1.67. The molecule has 0 aliphatic carbocycles. The quantitative estimate of drug-likeness (QED) is 0.598. The molecule has 1 aromatic rings. The molecule has 1 rings (SSSR count). The molecule has 0 amide bonds. The van der Waals surface area contributed by atoms with Gasteiger partial charge in [-0.2, -0.15) is 0 Å². The third-order valence-corrected chi connectivity index (χ3v) is 2.51. The number of thiazole rings is 1. The first-order chi connectivity index (χ1) is 7.29. The van der Waals surface area contributed by atoms with Crippen molar-refractivity contribution >= 4 is 17.3 Å². The van der Waals surface area contributed by atoms with Gasteiger partial charge in [-0.1, -0.05) is 5.92 Å². The Kier molecular flexibility index (Phi) is 4.81. The molecule has 1 atom stereocenters. The minimum absolute atomic E-state index is 0.321. The fourth-order valence-corrected chi connectivity index (χ4v) is 1.74. The summed E-state index contributed by atoms with van der Waals surface area (Å²) in [4.78, 5) is 16.3. The number of esters is 1. The zero-order valence-electron chi connectivity index (χ0n) is 8.40. The first kappa shape index (κ1) is 11.7. The summed E-state index contributed by atoms with van der Waals surface area (Å²) in [6.07, 6.45) is 6.76. The fraction of sp³-hybridized carbons (Fsp3) is 0.400. The lowest BCUT2D eigenvalue weighted by atomic mass is 10.2. The van der Waals surface area contributed by atoms with Crippen LogP contribution in [0.4, 0.5) is 0 Å². The van der Waals surface area contributed by atoms with Crippen LogP contribution >= 0.6 is 11.3 Å². The Hall–Kier alpha value is -1.38. The summed E-state index contributed by atoms with van der Waals surface area (Å²) >= 11 is 1.39. The van der Waals surface area contributed by atoms with Crippen molar-refractivity contribution in [2.75, 3.05) is 13.2 Å². The Morgan fingerprint density at radius 3 is 3.20 bits per heavy atom. The zero-order chi connectivity index (χ0) is 11.1. The van der Waals surface area contributed by atoms with E-state index in [0.717, 1.165) is 4.88 Å². The highest BCUT2D eigenvalue weighted by atomic mass is 32.1. The van der Waals surface area contributed by atoms with Gasteiger partial charge < -0.3 is 4.74 Å². The molecular weight excluding hydrogens is 212 g/mol. The summed E-state index contributed by atoms with van der Waals surface area (Å²) in [5, 5.41) is 2.92. The second-order valence-electron chi connectivity index (χ2n) is 2.67. The molecule has 0 aliphatic rings. The number of terminal acetylenes is 1. The van der Waals surface area contributed by atoms with E-state index in [1.165, 1.54) is 11.3 Å². The number of hydrogen-bond donors (Lipinski definition) is 1. The molecule has 0 aliphatic heterocycles. The van der Waals surface area contributed by atoms with Gasteiger partial charge in [-0.05, 0) is 6.92 Å². The van der Waals surface area contributed by atoms with E-state index in [0.29, 0.717) is 13.2 Å². The van der Waals surface area contributed by atoms with Crippen LogP contribution in [0.15, 0.2) is 11.7 Å². The van der Waals surface area contributed by atoms with Gasteiger partial charge >= 0.3 is 5.97 Å². The Labute approximate surface area is 92.7 Å². The molecule has 1 heterocycles. The predicted octanol–water partition coefficient (Wildman–Crippen LogP) is 0.970. The SMILES string of the molecule is C#CCNC(C(=O)OCC)c1cncs1. The maximum Gasteiger partial charge on any atom is 0.328 e. The Balaban J connectivity index is 2.70. The van der Waals surface area contributed by atoms with E-state index in [4.69, 9.17) is 11.2 Å². The molecule has 1 unspecified atom stereocenters. The molecule has 1 aromatic heterocycles. The summed E-state index contributed by atoms with van der Waals surface area (Å²) < 4.78 is 4.93. The summed E-state index contributed by atoms with van der Waals surface area (Å²) in [7, 11) is 0. The number of nitrogens with zero attached hydrogens (tertiary/aromatic N) is 1. The molecule has 15 heavy (non-hydrogen) atoms. The lowest BCUT2D eigenvalue weighted by molar-refractivity contribution is -0.145. The average molecular weight is 224 g/mol. The van der Waals surface area contributed by atoms with E-state index in [2.05, 4.69) is 16.2 Å². The van der Waals surface area contributed by atoms with Gasteiger partial charge in [-0.3, -0.25) is 10.3 Å². The van der Waals surface area contributed by atoms with Crippen molar-refractivity contribution in [3.05, 3.63) is 16.6 Å². The van der Waals surface area contributed by atoms with Gasteiger partial charge in [0.2, 0.25) is 0 Å². The predicted molar refractivity (Wildman–Crippen MR) is 58.3 cm³/mol. The highest BCUT2D eigenvalue weighted by Gasteiger charge is 2.22. The molecule has 4 nitrogen and oxygen atoms in total. The minimum Gasteiger partial charge on any atom is -0.465 e. The normalized spacial score (nSPS) is 11.7. The van der Waals surface area contributed by atoms with Gasteiger partial charge in [0.25, 0.3) is 0 Å². The van der Waals surface area contributed by atoms with E-state index in [1.54, 1.807) is 18.6 Å². The maximum atomic E-state index is 11.6. The number of nitrogens with one attached hydrogen (secondary N) is 1. The number of aromatic nitrogens is 1. The van der Waals surface area contributed by atoms with Crippen molar-refractivity contribution in [3.8, 4) is 12.3 Å². The molecule has 0 fully saturated rings. The van der Waals surface area contributed by atoms with Gasteiger partial charge in [0.05, 0.1) is 23.5 Å². The standard InChI is InChI=1S/C10H12N2O2S/c1-3-5-12-9(10(13)14-4-2)8-6-11-7-15-8/h1,6-7,9,12H,4-5H2,2H3. The van der Waals surface area contributed by atoms with Crippen LogP contribution in [0.5, 0.6) is 0 Å². The van der Waals surface area contributed by atoms with Gasteiger partial charge in [-0.15, -0.1) is 17.8 Å². The summed E-state index contributed by atoms with van der Waals surface area (Å²) in [6.45, 7) is 2.44. The van der Waals surface area contributed by atoms with Crippen LogP contribution < -0.4 is 5.32 Å². The smallest absolute Gasteiger partial charge is 0.328 e. The van der Waals surface area contributed by atoms with Gasteiger partial charge in [0, 0.05) is 6.20 Å². The molecule has 5 heteroatoms. The molecule has 0 bridgehead atoms. The highest BCUT2D eigenvalue weighted by Crippen LogP contribution is 2.18. The van der Waals surface area contributed by atoms with Gasteiger partial charge in [0.1, 0.15) is 6.04 Å². The van der Waals surface area contributed by atoms with Crippen LogP contribution in [0.25, 0.3) is 0 Å². The van der Waals surface area contributed by atoms with Crippen LogP contribution in [0, 0.1) is 12.3 Å². The summed E-state index contributed by atoms with van der Waals surface area (Å²) in [6, 6.07) is -0.506. The van der Waals surface area contributed by atoms with Crippen molar-refractivity contribution < 1.29 is 9.53 Å². The van der Waals surface area contributed by atoms with Crippen LogP contribution in [0.1, 0.15) is 17.8 Å². The molecular formula is C10H12N2O2S. The topological polar surface area (TPSA) is 51.2 Å². The maximum absolute atomic E-state index is 11.6. The van der Waals surface area contributed by atoms with Gasteiger partial charge in [-0.25, -0.2) is 4.79 Å². The van der Waals surface area contributed by atoms with Crippen molar-refractivity contribution in [2.24, 2.45) is 0 Å². The van der Waals surface area contributed by atoms with Crippen molar-refractivity contribution in [2.45, 2.75) is 13.0 Å². The van der Waals surface area contributed by atoms with E-state index in [-0.39, 0.29) is 5.97 Å². The van der Waals surface area contributed by atoms with Crippen LogP contribution in [0.2, 0.25) is 0 Å². The van der Waals surface area contributed by atoms with E-state index in [1.807, 2.05) is 0 Å². The number of ether oxygens (including phenoxy) is 1. The molecule has 0 saturated heterocycles. The molecule has 0 spiro atoms. The molecule has 80 valence electrons. The number of carbonyl (C=O) groups excluding carboxylic acids is 1. The number of hydrogen-bond acceptors (Lipinski definition) is 5. The molecule has 1 N–H and O–H groups in total. The average Bonchev–Trinajstić information content (AvgIpc) is 2.72. The molecule has 0 saturated carbocycles. The molecule has 0 radical (unpaired) electrons. The lowest BCUT2D eigenvalue weighted by Gasteiger charge is -2.13. The van der Waals surface area contributed by atoms with Crippen LogP contribution in [0.3, 0.4) is 0 Å². The Morgan fingerprint density at radius 1 is 1.87 bits per heavy atom. The molecule has 0 aromatic carbocycles. The van der Waals surface area contributed by atoms with Crippen molar-refractivity contribution in [1.82, 2.24) is 10.3 Å². The largest absolute Gasteiger partial charge is 0.465 e. The highest BCUT2D eigenvalue weighted by molar-refractivity contribution is 7.09. The number of rotatable bonds is 5. The fourth-order valence-electron chi connectivity index (χ4n) is 1.05. The van der Waals surface area contributed by atoms with E-state index >= 15 is 0 Å². The van der Waals surface area contributed by atoms with E-state index < -0.39 is 6.04 Å². The van der Waals surface area contributed by atoms with Crippen LogP contribution in [-0.4, -0.2) is 24.1 Å². The van der Waals surface area contributed by atoms with Gasteiger partial charge in [0.15, 0.2) is 0 Å². The first-order valence-corrected chi connectivity index (χ1v) is 5.39. The third kappa shape index (κ3) is 3.35. The first-order valence-electron chi connectivity index (χ1n) is 4.51.